The lowest BCUT2D eigenvalue weighted by molar-refractivity contribution is -0.145. The molecule has 3 nitrogen and oxygen atoms in total. The molecule has 0 aliphatic heterocycles. The summed E-state index contributed by atoms with van der Waals surface area (Å²) in [4.78, 5) is 10.8. The average molecular weight is 291 g/mol. The minimum Gasteiger partial charge on any atom is -0.479 e. The van der Waals surface area contributed by atoms with Gasteiger partial charge in [-0.3, -0.25) is 0 Å². The molecule has 0 bridgehead atoms. The molecular formula is C11H12BrFO3. The van der Waals surface area contributed by atoms with E-state index in [0.717, 1.165) is 6.07 Å². The molecule has 0 heterocycles. The first-order chi connectivity index (χ1) is 7.54. The van der Waals surface area contributed by atoms with Gasteiger partial charge in [0.1, 0.15) is 11.6 Å². The van der Waals surface area contributed by atoms with Gasteiger partial charge in [-0.25, -0.2) is 9.18 Å². The summed E-state index contributed by atoms with van der Waals surface area (Å²) in [6.45, 7) is 1.86. The van der Waals surface area contributed by atoms with Crippen LogP contribution in [0.1, 0.15) is 19.8 Å². The van der Waals surface area contributed by atoms with Crippen LogP contribution in [0.2, 0.25) is 0 Å². The number of carboxylic acids is 1. The maximum atomic E-state index is 13.1. The zero-order valence-electron chi connectivity index (χ0n) is 8.74. The van der Waals surface area contributed by atoms with Crippen LogP contribution in [0.25, 0.3) is 0 Å². The molecular weight excluding hydrogens is 279 g/mol. The molecule has 0 amide bonds. The molecule has 0 aromatic heterocycles. The van der Waals surface area contributed by atoms with Gasteiger partial charge in [0, 0.05) is 6.07 Å². The Kier molecular flexibility index (Phi) is 4.73. The molecule has 1 unspecified atom stereocenters. The fraction of sp³-hybridized carbons (Fsp3) is 0.364. The third-order valence-electron chi connectivity index (χ3n) is 2.00. The fourth-order valence-electron chi connectivity index (χ4n) is 1.21. The zero-order chi connectivity index (χ0) is 12.1. The highest BCUT2D eigenvalue weighted by molar-refractivity contribution is 9.10. The van der Waals surface area contributed by atoms with Crippen molar-refractivity contribution in [3.63, 3.8) is 0 Å². The van der Waals surface area contributed by atoms with Crippen molar-refractivity contribution in [2.24, 2.45) is 0 Å². The van der Waals surface area contributed by atoms with Crippen molar-refractivity contribution < 1.29 is 19.0 Å². The normalized spacial score (nSPS) is 12.2. The molecule has 0 spiro atoms. The highest BCUT2D eigenvalue weighted by Crippen LogP contribution is 2.22. The minimum absolute atomic E-state index is 0.224. The lowest BCUT2D eigenvalue weighted by Gasteiger charge is -2.14. The molecule has 0 saturated heterocycles. The average Bonchev–Trinajstić information content (AvgIpc) is 2.22. The number of halogens is 2. The number of rotatable bonds is 5. The Bertz CT molecular complexity index is 381. The van der Waals surface area contributed by atoms with E-state index in [1.807, 2.05) is 6.92 Å². The molecule has 1 aromatic rings. The van der Waals surface area contributed by atoms with Crippen molar-refractivity contribution in [1.29, 1.82) is 0 Å². The van der Waals surface area contributed by atoms with Gasteiger partial charge in [0.05, 0.1) is 4.47 Å². The largest absolute Gasteiger partial charge is 0.479 e. The van der Waals surface area contributed by atoms with Gasteiger partial charge >= 0.3 is 5.97 Å². The molecule has 0 radical (unpaired) electrons. The van der Waals surface area contributed by atoms with Gasteiger partial charge in [-0.15, -0.1) is 0 Å². The van der Waals surface area contributed by atoms with E-state index in [1.165, 1.54) is 12.1 Å². The molecule has 0 aliphatic rings. The number of carbonyl (C=O) groups is 1. The van der Waals surface area contributed by atoms with Crippen LogP contribution in [0, 0.1) is 5.82 Å². The van der Waals surface area contributed by atoms with Crippen molar-refractivity contribution in [3.8, 4) is 5.75 Å². The Balaban J connectivity index is 2.77. The van der Waals surface area contributed by atoms with E-state index in [1.54, 1.807) is 0 Å². The van der Waals surface area contributed by atoms with Crippen LogP contribution in [0.5, 0.6) is 5.75 Å². The molecule has 1 rings (SSSR count). The van der Waals surface area contributed by atoms with Crippen LogP contribution < -0.4 is 4.74 Å². The molecule has 88 valence electrons. The number of carboxylic acid groups (broad SMARTS) is 1. The summed E-state index contributed by atoms with van der Waals surface area (Å²) >= 11 is 3.01. The SMILES string of the molecule is CCCC(Oc1ccc(Br)c(F)c1)C(=O)O. The highest BCUT2D eigenvalue weighted by Gasteiger charge is 2.18. The van der Waals surface area contributed by atoms with Crippen LogP contribution in [0.4, 0.5) is 4.39 Å². The lowest BCUT2D eigenvalue weighted by Crippen LogP contribution is -2.26. The summed E-state index contributed by atoms with van der Waals surface area (Å²) in [5.74, 6) is -1.29. The zero-order valence-corrected chi connectivity index (χ0v) is 10.3. The Hall–Kier alpha value is -1.10. The summed E-state index contributed by atoms with van der Waals surface area (Å²) in [6, 6.07) is 4.17. The van der Waals surface area contributed by atoms with Crippen molar-refractivity contribution in [1.82, 2.24) is 0 Å². The second-order valence-electron chi connectivity index (χ2n) is 3.31. The standard InChI is InChI=1S/C11H12BrFO3/c1-2-3-10(11(14)15)16-7-4-5-8(12)9(13)6-7/h4-6,10H,2-3H2,1H3,(H,14,15). The lowest BCUT2D eigenvalue weighted by atomic mass is 10.2. The third kappa shape index (κ3) is 3.48. The van der Waals surface area contributed by atoms with E-state index in [4.69, 9.17) is 9.84 Å². The third-order valence-corrected chi connectivity index (χ3v) is 2.64. The van der Waals surface area contributed by atoms with E-state index in [2.05, 4.69) is 15.9 Å². The van der Waals surface area contributed by atoms with Crippen molar-refractivity contribution in [2.75, 3.05) is 0 Å². The van der Waals surface area contributed by atoms with Crippen LogP contribution in [0.3, 0.4) is 0 Å². The Morgan fingerprint density at radius 1 is 1.62 bits per heavy atom. The van der Waals surface area contributed by atoms with E-state index >= 15 is 0 Å². The van der Waals surface area contributed by atoms with Crippen LogP contribution in [0.15, 0.2) is 22.7 Å². The van der Waals surface area contributed by atoms with Crippen molar-refractivity contribution in [2.45, 2.75) is 25.9 Å². The summed E-state index contributed by atoms with van der Waals surface area (Å²) in [5.41, 5.74) is 0. The van der Waals surface area contributed by atoms with Gasteiger partial charge in [0.2, 0.25) is 0 Å². The van der Waals surface area contributed by atoms with Gasteiger partial charge in [-0.2, -0.15) is 0 Å². The Morgan fingerprint density at radius 2 is 2.31 bits per heavy atom. The van der Waals surface area contributed by atoms with Crippen molar-refractivity contribution >= 4 is 21.9 Å². The van der Waals surface area contributed by atoms with E-state index in [-0.39, 0.29) is 5.75 Å². The van der Waals surface area contributed by atoms with Gasteiger partial charge in [-0.1, -0.05) is 13.3 Å². The molecule has 1 N–H and O–H groups in total. The summed E-state index contributed by atoms with van der Waals surface area (Å²) < 4.78 is 18.7. The number of benzene rings is 1. The van der Waals surface area contributed by atoms with Crippen LogP contribution in [-0.4, -0.2) is 17.2 Å². The van der Waals surface area contributed by atoms with Gasteiger partial charge in [-0.05, 0) is 34.5 Å². The molecule has 0 saturated carbocycles. The molecule has 0 aliphatic carbocycles. The maximum Gasteiger partial charge on any atom is 0.344 e. The molecule has 0 fully saturated rings. The second kappa shape index (κ2) is 5.84. The van der Waals surface area contributed by atoms with Crippen LogP contribution in [-0.2, 0) is 4.79 Å². The van der Waals surface area contributed by atoms with Gasteiger partial charge in [0.15, 0.2) is 6.10 Å². The highest BCUT2D eigenvalue weighted by atomic mass is 79.9. The number of ether oxygens (including phenoxy) is 1. The Labute approximate surface area is 101 Å². The monoisotopic (exact) mass is 290 g/mol. The summed E-state index contributed by atoms with van der Waals surface area (Å²) in [6.07, 6.45) is 0.161. The quantitative estimate of drug-likeness (QED) is 0.906. The molecule has 16 heavy (non-hydrogen) atoms. The predicted octanol–water partition coefficient (Wildman–Crippen LogP) is 3.22. The van der Waals surface area contributed by atoms with Gasteiger partial charge < -0.3 is 9.84 Å². The summed E-state index contributed by atoms with van der Waals surface area (Å²) in [5, 5.41) is 8.86. The van der Waals surface area contributed by atoms with Crippen molar-refractivity contribution in [3.05, 3.63) is 28.5 Å². The second-order valence-corrected chi connectivity index (χ2v) is 4.16. The molecule has 1 atom stereocenters. The molecule has 1 aromatic carbocycles. The topological polar surface area (TPSA) is 46.5 Å². The van der Waals surface area contributed by atoms with E-state index < -0.39 is 17.9 Å². The number of hydrogen-bond acceptors (Lipinski definition) is 2. The number of hydrogen-bond donors (Lipinski definition) is 1. The van der Waals surface area contributed by atoms with E-state index in [9.17, 15) is 9.18 Å². The fourth-order valence-corrected chi connectivity index (χ4v) is 1.46. The predicted molar refractivity (Wildman–Crippen MR) is 61.1 cm³/mol. The van der Waals surface area contributed by atoms with E-state index in [0.29, 0.717) is 17.3 Å². The maximum absolute atomic E-state index is 13.1. The van der Waals surface area contributed by atoms with Gasteiger partial charge in [0.25, 0.3) is 0 Å². The van der Waals surface area contributed by atoms with Crippen LogP contribution >= 0.6 is 15.9 Å². The first kappa shape index (κ1) is 13.0. The minimum atomic E-state index is -1.04. The summed E-state index contributed by atoms with van der Waals surface area (Å²) in [7, 11) is 0. The molecule has 5 heteroatoms. The first-order valence-corrected chi connectivity index (χ1v) is 5.68. The smallest absolute Gasteiger partial charge is 0.344 e. The Morgan fingerprint density at radius 3 is 2.81 bits per heavy atom. The number of aliphatic carboxylic acids is 1. The first-order valence-electron chi connectivity index (χ1n) is 4.89.